The summed E-state index contributed by atoms with van der Waals surface area (Å²) in [4.78, 5) is 11.6. The second kappa shape index (κ2) is 11.4. The second-order valence-corrected chi connectivity index (χ2v) is 7.38. The van der Waals surface area contributed by atoms with Gasteiger partial charge in [-0.05, 0) is 43.6 Å². The average Bonchev–Trinajstić information content (AvgIpc) is 2.65. The van der Waals surface area contributed by atoms with Crippen LogP contribution >= 0.6 is 11.6 Å². The van der Waals surface area contributed by atoms with E-state index in [0.29, 0.717) is 0 Å². The molecule has 0 aliphatic carbocycles. The first kappa shape index (κ1) is 21.0. The van der Waals surface area contributed by atoms with Crippen LogP contribution < -0.4 is 5.32 Å². The number of guanidine groups is 1. The molecule has 5 nitrogen and oxygen atoms in total. The van der Waals surface area contributed by atoms with Gasteiger partial charge in [-0.3, -0.25) is 4.99 Å². The summed E-state index contributed by atoms with van der Waals surface area (Å²) in [6.07, 6.45) is 2.39. The summed E-state index contributed by atoms with van der Waals surface area (Å²) < 4.78 is 0. The third-order valence-corrected chi connectivity index (χ3v) is 5.21. The van der Waals surface area contributed by atoms with Crippen LogP contribution in [0.5, 0.6) is 0 Å². The molecule has 1 aromatic carbocycles. The molecule has 0 bridgehead atoms. The number of nitrogens with zero attached hydrogens (tertiary/aromatic N) is 4. The highest BCUT2D eigenvalue weighted by molar-refractivity contribution is 6.30. The van der Waals surface area contributed by atoms with E-state index < -0.39 is 0 Å². The number of hydrogen-bond donors (Lipinski definition) is 1. The van der Waals surface area contributed by atoms with Gasteiger partial charge in [0, 0.05) is 58.4 Å². The molecular formula is C20H34ClN5. The van der Waals surface area contributed by atoms with Gasteiger partial charge in [0.2, 0.25) is 0 Å². The maximum Gasteiger partial charge on any atom is 0.193 e. The first-order valence-electron chi connectivity index (χ1n) is 9.73. The van der Waals surface area contributed by atoms with Gasteiger partial charge in [0.05, 0.1) is 0 Å². The van der Waals surface area contributed by atoms with Crippen LogP contribution in [0.2, 0.25) is 5.02 Å². The molecule has 0 unspecified atom stereocenters. The number of halogens is 1. The number of rotatable bonds is 8. The molecule has 0 spiro atoms. The maximum absolute atomic E-state index is 6.07. The molecule has 0 atom stereocenters. The van der Waals surface area contributed by atoms with Crippen molar-refractivity contribution in [2.75, 3.05) is 59.9 Å². The fourth-order valence-electron chi connectivity index (χ4n) is 3.36. The van der Waals surface area contributed by atoms with Crippen LogP contribution in [0.25, 0.3) is 0 Å². The van der Waals surface area contributed by atoms with Crippen LogP contribution in [0.4, 0.5) is 0 Å². The molecule has 1 aliphatic heterocycles. The van der Waals surface area contributed by atoms with Crippen LogP contribution in [0.3, 0.4) is 0 Å². The van der Waals surface area contributed by atoms with Gasteiger partial charge < -0.3 is 20.0 Å². The Kier molecular flexibility index (Phi) is 9.23. The quantitative estimate of drug-likeness (QED) is 0.428. The minimum atomic E-state index is 0.776. The molecule has 1 fully saturated rings. The van der Waals surface area contributed by atoms with E-state index in [0.717, 1.165) is 30.5 Å². The monoisotopic (exact) mass is 379 g/mol. The number of nitrogens with one attached hydrogen (secondary N) is 1. The summed E-state index contributed by atoms with van der Waals surface area (Å²) >= 11 is 6.07. The van der Waals surface area contributed by atoms with Gasteiger partial charge in [0.25, 0.3) is 0 Å². The molecule has 26 heavy (non-hydrogen) atoms. The van der Waals surface area contributed by atoms with Crippen molar-refractivity contribution in [1.82, 2.24) is 20.0 Å². The number of hydrogen-bond acceptors (Lipinski definition) is 3. The van der Waals surface area contributed by atoms with E-state index in [1.165, 1.54) is 51.3 Å². The molecular weight excluding hydrogens is 346 g/mol. The first-order valence-corrected chi connectivity index (χ1v) is 10.1. The van der Waals surface area contributed by atoms with Crippen LogP contribution in [0.15, 0.2) is 29.3 Å². The summed E-state index contributed by atoms with van der Waals surface area (Å²) in [6, 6.07) is 7.99. The van der Waals surface area contributed by atoms with E-state index in [1.807, 2.05) is 25.2 Å². The van der Waals surface area contributed by atoms with Gasteiger partial charge in [-0.15, -0.1) is 0 Å². The van der Waals surface area contributed by atoms with Gasteiger partial charge >= 0.3 is 0 Å². The lowest BCUT2D eigenvalue weighted by molar-refractivity contribution is 0.136. The van der Waals surface area contributed by atoms with Crippen LogP contribution in [-0.4, -0.2) is 80.6 Å². The zero-order valence-corrected chi connectivity index (χ0v) is 17.3. The van der Waals surface area contributed by atoms with E-state index in [1.54, 1.807) is 0 Å². The highest BCUT2D eigenvalue weighted by Crippen LogP contribution is 2.12. The summed E-state index contributed by atoms with van der Waals surface area (Å²) in [5.74, 6) is 0.932. The Bertz CT molecular complexity index is 555. The van der Waals surface area contributed by atoms with E-state index in [2.05, 4.69) is 45.0 Å². The fraction of sp³-hybridized carbons (Fsp3) is 0.650. The SMILES string of the molecule is CCN1CCN(CCCCNC(=NC)N(C)Cc2cccc(Cl)c2)CC1. The van der Waals surface area contributed by atoms with Crippen molar-refractivity contribution in [3.63, 3.8) is 0 Å². The minimum Gasteiger partial charge on any atom is -0.356 e. The highest BCUT2D eigenvalue weighted by Gasteiger charge is 2.14. The normalized spacial score (nSPS) is 16.7. The Balaban J connectivity index is 1.62. The molecule has 0 amide bonds. The molecule has 1 aliphatic rings. The summed E-state index contributed by atoms with van der Waals surface area (Å²) in [5.41, 5.74) is 1.19. The number of benzene rings is 1. The second-order valence-electron chi connectivity index (χ2n) is 6.94. The molecule has 0 radical (unpaired) electrons. The van der Waals surface area contributed by atoms with Crippen LogP contribution in [0.1, 0.15) is 25.3 Å². The average molecular weight is 380 g/mol. The van der Waals surface area contributed by atoms with Gasteiger partial charge in [-0.1, -0.05) is 30.7 Å². The third kappa shape index (κ3) is 7.14. The first-order chi connectivity index (χ1) is 12.6. The van der Waals surface area contributed by atoms with E-state index in [9.17, 15) is 0 Å². The Morgan fingerprint density at radius 2 is 1.92 bits per heavy atom. The molecule has 1 heterocycles. The van der Waals surface area contributed by atoms with Crippen molar-refractivity contribution in [1.29, 1.82) is 0 Å². The fourth-order valence-corrected chi connectivity index (χ4v) is 3.57. The van der Waals surface area contributed by atoms with Crippen molar-refractivity contribution in [2.45, 2.75) is 26.3 Å². The molecule has 1 N–H and O–H groups in total. The molecule has 1 aromatic rings. The zero-order chi connectivity index (χ0) is 18.8. The van der Waals surface area contributed by atoms with Gasteiger partial charge in [0.15, 0.2) is 5.96 Å². The van der Waals surface area contributed by atoms with Crippen LogP contribution in [0, 0.1) is 0 Å². The summed E-state index contributed by atoms with van der Waals surface area (Å²) in [5, 5.41) is 4.25. The lowest BCUT2D eigenvalue weighted by atomic mass is 10.2. The van der Waals surface area contributed by atoms with Gasteiger partial charge in [-0.25, -0.2) is 0 Å². The van der Waals surface area contributed by atoms with Crippen molar-refractivity contribution in [3.8, 4) is 0 Å². The summed E-state index contributed by atoms with van der Waals surface area (Å²) in [7, 11) is 3.90. The van der Waals surface area contributed by atoms with Crippen LogP contribution in [-0.2, 0) is 6.54 Å². The van der Waals surface area contributed by atoms with Crippen molar-refractivity contribution >= 4 is 17.6 Å². The Morgan fingerprint density at radius 3 is 2.58 bits per heavy atom. The lowest BCUT2D eigenvalue weighted by Gasteiger charge is -2.34. The largest absolute Gasteiger partial charge is 0.356 e. The Labute approximate surface area is 164 Å². The van der Waals surface area contributed by atoms with Gasteiger partial charge in [-0.2, -0.15) is 0 Å². The van der Waals surface area contributed by atoms with E-state index >= 15 is 0 Å². The van der Waals surface area contributed by atoms with Crippen molar-refractivity contribution in [3.05, 3.63) is 34.9 Å². The minimum absolute atomic E-state index is 0.776. The molecule has 146 valence electrons. The predicted octanol–water partition coefficient (Wildman–Crippen LogP) is 2.76. The number of likely N-dealkylation sites (N-methyl/N-ethyl adjacent to an activating group) is 1. The molecule has 0 aromatic heterocycles. The number of unbranched alkanes of at least 4 members (excludes halogenated alkanes) is 1. The lowest BCUT2D eigenvalue weighted by Crippen LogP contribution is -2.46. The van der Waals surface area contributed by atoms with Crippen molar-refractivity contribution in [2.24, 2.45) is 4.99 Å². The standard InChI is InChI=1S/C20H34ClN5/c1-4-25-12-14-26(15-13-25)11-6-5-10-23-20(22-2)24(3)17-18-8-7-9-19(21)16-18/h7-9,16H,4-6,10-15,17H2,1-3H3,(H,22,23). The Hall–Kier alpha value is -1.30. The topological polar surface area (TPSA) is 34.1 Å². The number of piperazine rings is 1. The third-order valence-electron chi connectivity index (χ3n) is 4.98. The van der Waals surface area contributed by atoms with E-state index in [-0.39, 0.29) is 0 Å². The molecule has 1 saturated heterocycles. The zero-order valence-electron chi connectivity index (χ0n) is 16.5. The predicted molar refractivity (Wildman–Crippen MR) is 112 cm³/mol. The maximum atomic E-state index is 6.07. The van der Waals surface area contributed by atoms with E-state index in [4.69, 9.17) is 11.6 Å². The molecule has 2 rings (SSSR count). The van der Waals surface area contributed by atoms with Gasteiger partial charge in [0.1, 0.15) is 0 Å². The molecule has 0 saturated carbocycles. The highest BCUT2D eigenvalue weighted by atomic mass is 35.5. The van der Waals surface area contributed by atoms with Crippen molar-refractivity contribution < 1.29 is 0 Å². The smallest absolute Gasteiger partial charge is 0.193 e. The number of aliphatic imine (C=N–C) groups is 1. The summed E-state index contributed by atoms with van der Waals surface area (Å²) in [6.45, 7) is 11.2. The Morgan fingerprint density at radius 1 is 1.19 bits per heavy atom. The molecule has 6 heteroatoms.